The van der Waals surface area contributed by atoms with E-state index in [0.717, 1.165) is 5.56 Å². The van der Waals surface area contributed by atoms with Crippen molar-refractivity contribution in [3.8, 4) is 5.75 Å². The highest BCUT2D eigenvalue weighted by molar-refractivity contribution is 9.10. The summed E-state index contributed by atoms with van der Waals surface area (Å²) in [7, 11) is 0. The summed E-state index contributed by atoms with van der Waals surface area (Å²) in [6.45, 7) is 1.82. The second-order valence-electron chi connectivity index (χ2n) is 4.03. The van der Waals surface area contributed by atoms with E-state index in [1.54, 1.807) is 30.3 Å². The number of amides is 1. The number of halogens is 2. The van der Waals surface area contributed by atoms with E-state index in [0.29, 0.717) is 15.2 Å². The van der Waals surface area contributed by atoms with Gasteiger partial charge in [-0.15, -0.1) is 0 Å². The molecule has 2 N–H and O–H groups in total. The molecule has 5 heteroatoms. The van der Waals surface area contributed by atoms with Crippen molar-refractivity contribution in [1.82, 2.24) is 0 Å². The quantitative estimate of drug-likeness (QED) is 0.853. The second-order valence-corrected chi connectivity index (χ2v) is 5.35. The van der Waals surface area contributed by atoms with Crippen LogP contribution in [0.3, 0.4) is 0 Å². The van der Waals surface area contributed by atoms with Crippen LogP contribution in [0.25, 0.3) is 0 Å². The third-order valence-electron chi connectivity index (χ3n) is 2.72. The van der Waals surface area contributed by atoms with Crippen molar-refractivity contribution in [3.63, 3.8) is 0 Å². The predicted molar refractivity (Wildman–Crippen MR) is 79.9 cm³/mol. The monoisotopic (exact) mass is 339 g/mol. The number of hydrogen-bond donors (Lipinski definition) is 2. The molecule has 0 saturated heterocycles. The van der Waals surface area contributed by atoms with Crippen LogP contribution in [0.1, 0.15) is 15.9 Å². The van der Waals surface area contributed by atoms with Crippen molar-refractivity contribution >= 4 is 39.1 Å². The van der Waals surface area contributed by atoms with Gasteiger partial charge < -0.3 is 10.4 Å². The van der Waals surface area contributed by atoms with Crippen molar-refractivity contribution in [2.24, 2.45) is 0 Å². The van der Waals surface area contributed by atoms with Gasteiger partial charge in [-0.05, 0) is 42.8 Å². The summed E-state index contributed by atoms with van der Waals surface area (Å²) in [6.07, 6.45) is 0. The number of phenolic OH excluding ortho intramolecular Hbond substituents is 1. The lowest BCUT2D eigenvalue weighted by atomic mass is 10.1. The van der Waals surface area contributed by atoms with Crippen LogP contribution in [0.5, 0.6) is 5.75 Å². The minimum absolute atomic E-state index is 0.0773. The molecular formula is C14H11BrClNO2. The molecule has 0 heterocycles. The van der Waals surface area contributed by atoms with Crippen molar-refractivity contribution < 1.29 is 9.90 Å². The Bertz CT molecular complexity index is 643. The maximum Gasteiger partial charge on any atom is 0.259 e. The lowest BCUT2D eigenvalue weighted by molar-refractivity contribution is 0.102. The van der Waals surface area contributed by atoms with Crippen molar-refractivity contribution in [2.45, 2.75) is 6.92 Å². The Morgan fingerprint density at radius 3 is 2.74 bits per heavy atom. The van der Waals surface area contributed by atoms with Gasteiger partial charge in [-0.2, -0.15) is 0 Å². The smallest absolute Gasteiger partial charge is 0.259 e. The highest BCUT2D eigenvalue weighted by atomic mass is 79.9. The topological polar surface area (TPSA) is 49.3 Å². The largest absolute Gasteiger partial charge is 0.507 e. The molecule has 0 atom stereocenters. The summed E-state index contributed by atoms with van der Waals surface area (Å²) >= 11 is 9.21. The standard InChI is InChI=1S/C14H11BrClNO2/c1-8-11(16)3-2-4-12(8)17-14(19)10-6-5-9(15)7-13(10)18/h2-7,18H,1H3,(H,17,19). The Morgan fingerprint density at radius 1 is 1.32 bits per heavy atom. The number of aromatic hydroxyl groups is 1. The zero-order valence-corrected chi connectivity index (χ0v) is 12.4. The molecule has 3 nitrogen and oxygen atoms in total. The first-order valence-corrected chi connectivity index (χ1v) is 6.71. The van der Waals surface area contributed by atoms with Gasteiger partial charge in [0.25, 0.3) is 5.91 Å². The van der Waals surface area contributed by atoms with Crippen LogP contribution in [0.2, 0.25) is 5.02 Å². The Balaban J connectivity index is 2.28. The zero-order chi connectivity index (χ0) is 14.0. The summed E-state index contributed by atoms with van der Waals surface area (Å²) in [5.41, 5.74) is 1.62. The first-order valence-electron chi connectivity index (χ1n) is 5.54. The van der Waals surface area contributed by atoms with E-state index in [1.807, 2.05) is 6.92 Å². The fourth-order valence-corrected chi connectivity index (χ4v) is 2.15. The molecule has 0 fully saturated rings. The Kier molecular flexibility index (Phi) is 4.12. The van der Waals surface area contributed by atoms with Crippen LogP contribution in [-0.4, -0.2) is 11.0 Å². The number of carbonyl (C=O) groups is 1. The third kappa shape index (κ3) is 3.08. The lowest BCUT2D eigenvalue weighted by Gasteiger charge is -2.10. The van der Waals surface area contributed by atoms with Crippen molar-refractivity contribution in [1.29, 1.82) is 0 Å². The van der Waals surface area contributed by atoms with Gasteiger partial charge >= 0.3 is 0 Å². The highest BCUT2D eigenvalue weighted by Crippen LogP contribution is 2.26. The molecule has 0 radical (unpaired) electrons. The fourth-order valence-electron chi connectivity index (χ4n) is 1.63. The van der Waals surface area contributed by atoms with Gasteiger partial charge in [-0.25, -0.2) is 0 Å². The van der Waals surface area contributed by atoms with Gasteiger partial charge in [0.2, 0.25) is 0 Å². The number of carbonyl (C=O) groups excluding carboxylic acids is 1. The van der Waals surface area contributed by atoms with Crippen LogP contribution in [0, 0.1) is 6.92 Å². The molecule has 0 aliphatic rings. The molecule has 0 aromatic heterocycles. The molecule has 98 valence electrons. The van der Waals surface area contributed by atoms with E-state index in [4.69, 9.17) is 11.6 Å². The molecule has 1 amide bonds. The Morgan fingerprint density at radius 2 is 2.05 bits per heavy atom. The van der Waals surface area contributed by atoms with Gasteiger partial charge in [0, 0.05) is 15.2 Å². The van der Waals surface area contributed by atoms with Gasteiger partial charge in [-0.3, -0.25) is 4.79 Å². The average Bonchev–Trinajstić information content (AvgIpc) is 2.34. The number of nitrogens with one attached hydrogen (secondary N) is 1. The van der Waals surface area contributed by atoms with E-state index in [-0.39, 0.29) is 17.2 Å². The summed E-state index contributed by atoms with van der Waals surface area (Å²) in [4.78, 5) is 12.1. The summed E-state index contributed by atoms with van der Waals surface area (Å²) < 4.78 is 0.709. The Labute approximate surface area is 124 Å². The minimum atomic E-state index is -0.379. The first kappa shape index (κ1) is 13.9. The minimum Gasteiger partial charge on any atom is -0.507 e. The average molecular weight is 341 g/mol. The number of hydrogen-bond acceptors (Lipinski definition) is 2. The van der Waals surface area contributed by atoms with Gasteiger partial charge in [0.1, 0.15) is 5.75 Å². The van der Waals surface area contributed by atoms with E-state index >= 15 is 0 Å². The van der Waals surface area contributed by atoms with Crippen molar-refractivity contribution in [2.75, 3.05) is 5.32 Å². The maximum atomic E-state index is 12.1. The zero-order valence-electron chi connectivity index (χ0n) is 10.1. The summed E-state index contributed by atoms with van der Waals surface area (Å²) in [6, 6.07) is 9.99. The molecule has 19 heavy (non-hydrogen) atoms. The van der Waals surface area contributed by atoms with Crippen LogP contribution in [0.15, 0.2) is 40.9 Å². The van der Waals surface area contributed by atoms with Crippen LogP contribution in [-0.2, 0) is 0 Å². The van der Waals surface area contributed by atoms with Gasteiger partial charge in [-0.1, -0.05) is 33.6 Å². The highest BCUT2D eigenvalue weighted by Gasteiger charge is 2.13. The van der Waals surface area contributed by atoms with Gasteiger partial charge in [0.05, 0.1) is 5.56 Å². The Hall–Kier alpha value is -1.52. The fraction of sp³-hybridized carbons (Fsp3) is 0.0714. The molecule has 0 spiro atoms. The van der Waals surface area contributed by atoms with Gasteiger partial charge in [0.15, 0.2) is 0 Å². The first-order chi connectivity index (χ1) is 8.99. The van der Waals surface area contributed by atoms with Crippen LogP contribution < -0.4 is 5.32 Å². The number of benzene rings is 2. The summed E-state index contributed by atoms with van der Waals surface area (Å²) in [5, 5.41) is 13.1. The molecular weight excluding hydrogens is 330 g/mol. The molecule has 0 unspecified atom stereocenters. The van der Waals surface area contributed by atoms with Crippen LogP contribution in [0.4, 0.5) is 5.69 Å². The van der Waals surface area contributed by atoms with E-state index < -0.39 is 0 Å². The molecule has 0 aliphatic heterocycles. The molecule has 0 bridgehead atoms. The number of rotatable bonds is 2. The SMILES string of the molecule is Cc1c(Cl)cccc1NC(=O)c1ccc(Br)cc1O. The molecule has 0 saturated carbocycles. The maximum absolute atomic E-state index is 12.1. The second kappa shape index (κ2) is 5.63. The van der Waals surface area contributed by atoms with E-state index in [1.165, 1.54) is 6.07 Å². The predicted octanol–water partition coefficient (Wildman–Crippen LogP) is 4.37. The molecule has 2 aromatic carbocycles. The molecule has 2 aromatic rings. The number of anilines is 1. The van der Waals surface area contributed by atoms with Crippen molar-refractivity contribution in [3.05, 3.63) is 57.0 Å². The third-order valence-corrected chi connectivity index (χ3v) is 3.62. The number of phenols is 1. The lowest BCUT2D eigenvalue weighted by Crippen LogP contribution is -2.13. The van der Waals surface area contributed by atoms with E-state index in [9.17, 15) is 9.90 Å². The van der Waals surface area contributed by atoms with Crippen LogP contribution >= 0.6 is 27.5 Å². The van der Waals surface area contributed by atoms with E-state index in [2.05, 4.69) is 21.2 Å². The normalized spacial score (nSPS) is 10.3. The molecule has 2 rings (SSSR count). The summed E-state index contributed by atoms with van der Waals surface area (Å²) in [5.74, 6) is -0.457. The molecule has 0 aliphatic carbocycles.